The molecule has 0 bridgehead atoms. The zero-order chi connectivity index (χ0) is 9.90. The monoisotopic (exact) mass is 183 g/mol. The normalized spacial score (nSPS) is 12.0. The van der Waals surface area contributed by atoms with E-state index in [1.807, 2.05) is 20.8 Å². The lowest BCUT2D eigenvalue weighted by molar-refractivity contribution is 0.318. The summed E-state index contributed by atoms with van der Waals surface area (Å²) in [5, 5.41) is 3.88. The Labute approximate surface area is 78.5 Å². The highest BCUT2D eigenvalue weighted by molar-refractivity contribution is 4.98. The van der Waals surface area contributed by atoms with Crippen molar-refractivity contribution < 1.29 is 4.52 Å². The van der Waals surface area contributed by atoms with Gasteiger partial charge in [-0.2, -0.15) is 4.98 Å². The van der Waals surface area contributed by atoms with Crippen LogP contribution in [0.25, 0.3) is 0 Å². The largest absolute Gasteiger partial charge is 0.339 e. The van der Waals surface area contributed by atoms with E-state index in [0.717, 1.165) is 18.7 Å². The molecule has 2 N–H and O–H groups in total. The number of aryl methyl sites for hydroxylation is 1. The first-order valence-electron chi connectivity index (χ1n) is 4.57. The molecule has 1 aromatic rings. The fourth-order valence-electron chi connectivity index (χ4n) is 0.920. The molecule has 1 aromatic heterocycles. The molecular weight excluding hydrogens is 166 g/mol. The Balaban J connectivity index is 2.64. The van der Waals surface area contributed by atoms with Crippen molar-refractivity contribution in [2.75, 3.05) is 6.54 Å². The van der Waals surface area contributed by atoms with Gasteiger partial charge in [0.15, 0.2) is 5.82 Å². The minimum absolute atomic E-state index is 0.0615. The summed E-state index contributed by atoms with van der Waals surface area (Å²) >= 11 is 0. The smallest absolute Gasteiger partial charge is 0.232 e. The Morgan fingerprint density at radius 1 is 1.38 bits per heavy atom. The van der Waals surface area contributed by atoms with Crippen LogP contribution < -0.4 is 5.73 Å². The molecule has 0 atom stereocenters. The molecule has 0 saturated heterocycles. The van der Waals surface area contributed by atoms with Crippen molar-refractivity contribution in [1.82, 2.24) is 10.1 Å². The number of nitrogens with zero attached hydrogens (tertiary/aromatic N) is 2. The van der Waals surface area contributed by atoms with E-state index in [1.165, 1.54) is 0 Å². The van der Waals surface area contributed by atoms with Gasteiger partial charge in [-0.25, -0.2) is 0 Å². The number of aromatic nitrogens is 2. The third-order valence-corrected chi connectivity index (χ3v) is 1.71. The Bertz CT molecular complexity index is 262. The van der Waals surface area contributed by atoms with Gasteiger partial charge in [0.2, 0.25) is 5.89 Å². The van der Waals surface area contributed by atoms with Gasteiger partial charge in [-0.05, 0) is 13.0 Å². The highest BCUT2D eigenvalue weighted by Gasteiger charge is 2.21. The molecule has 0 aliphatic heterocycles. The number of rotatable bonds is 3. The van der Waals surface area contributed by atoms with Crippen LogP contribution in [-0.4, -0.2) is 16.7 Å². The Morgan fingerprint density at radius 3 is 2.54 bits per heavy atom. The average Bonchev–Trinajstić information content (AvgIpc) is 2.47. The molecular formula is C9H17N3O. The Kier molecular flexibility index (Phi) is 3.03. The first-order chi connectivity index (χ1) is 6.04. The fraction of sp³-hybridized carbons (Fsp3) is 0.778. The number of nitrogens with two attached hydrogens (primary N) is 1. The summed E-state index contributed by atoms with van der Waals surface area (Å²) in [4.78, 5) is 4.29. The van der Waals surface area contributed by atoms with Gasteiger partial charge in [0.05, 0.1) is 0 Å². The van der Waals surface area contributed by atoms with E-state index in [9.17, 15) is 0 Å². The van der Waals surface area contributed by atoms with E-state index < -0.39 is 0 Å². The zero-order valence-corrected chi connectivity index (χ0v) is 8.50. The summed E-state index contributed by atoms with van der Waals surface area (Å²) in [5.41, 5.74) is 5.32. The third-order valence-electron chi connectivity index (χ3n) is 1.71. The molecule has 4 nitrogen and oxygen atoms in total. The van der Waals surface area contributed by atoms with Crippen molar-refractivity contribution >= 4 is 0 Å². The standard InChI is InChI=1S/C9H17N3O/c1-9(2,3)8-11-7(12-13-8)5-4-6-10/h4-6,10H2,1-3H3. The van der Waals surface area contributed by atoms with Crippen molar-refractivity contribution in [2.24, 2.45) is 5.73 Å². The lowest BCUT2D eigenvalue weighted by Gasteiger charge is -2.10. The van der Waals surface area contributed by atoms with Gasteiger partial charge in [0.25, 0.3) is 0 Å². The SMILES string of the molecule is CC(C)(C)c1nc(CCCN)no1. The van der Waals surface area contributed by atoms with Crippen molar-refractivity contribution in [2.45, 2.75) is 39.0 Å². The number of hydrogen-bond acceptors (Lipinski definition) is 4. The highest BCUT2D eigenvalue weighted by atomic mass is 16.5. The molecule has 1 rings (SSSR count). The van der Waals surface area contributed by atoms with Gasteiger partial charge in [-0.3, -0.25) is 0 Å². The van der Waals surface area contributed by atoms with Crippen molar-refractivity contribution in [3.63, 3.8) is 0 Å². The molecule has 0 aliphatic carbocycles. The predicted octanol–water partition coefficient (Wildman–Crippen LogP) is 1.26. The summed E-state index contributed by atoms with van der Waals surface area (Å²) in [5.74, 6) is 1.45. The molecule has 74 valence electrons. The molecule has 0 aliphatic rings. The van der Waals surface area contributed by atoms with Gasteiger partial charge in [0.1, 0.15) is 0 Å². The minimum atomic E-state index is -0.0615. The van der Waals surface area contributed by atoms with Crippen LogP contribution in [0.15, 0.2) is 4.52 Å². The Hall–Kier alpha value is -0.900. The van der Waals surface area contributed by atoms with Crippen LogP contribution >= 0.6 is 0 Å². The average molecular weight is 183 g/mol. The third kappa shape index (κ3) is 2.81. The molecule has 0 radical (unpaired) electrons. The molecule has 0 unspecified atom stereocenters. The van der Waals surface area contributed by atoms with Crippen molar-refractivity contribution in [3.8, 4) is 0 Å². The second-order valence-electron chi connectivity index (χ2n) is 4.16. The van der Waals surface area contributed by atoms with Crippen LogP contribution in [0.1, 0.15) is 38.9 Å². The lowest BCUT2D eigenvalue weighted by atomic mass is 9.97. The fourth-order valence-corrected chi connectivity index (χ4v) is 0.920. The summed E-state index contributed by atoms with van der Waals surface area (Å²) in [7, 11) is 0. The molecule has 0 aromatic carbocycles. The van der Waals surface area contributed by atoms with Gasteiger partial charge >= 0.3 is 0 Å². The van der Waals surface area contributed by atoms with Crippen LogP contribution in [0, 0.1) is 0 Å². The van der Waals surface area contributed by atoms with Crippen LogP contribution in [-0.2, 0) is 11.8 Å². The molecule has 13 heavy (non-hydrogen) atoms. The maximum Gasteiger partial charge on any atom is 0.232 e. The van der Waals surface area contributed by atoms with Crippen molar-refractivity contribution in [3.05, 3.63) is 11.7 Å². The Morgan fingerprint density at radius 2 is 2.08 bits per heavy atom. The quantitative estimate of drug-likeness (QED) is 0.766. The van der Waals surface area contributed by atoms with Gasteiger partial charge in [-0.15, -0.1) is 0 Å². The van der Waals surface area contributed by atoms with Crippen LogP contribution in [0.4, 0.5) is 0 Å². The van der Waals surface area contributed by atoms with Crippen LogP contribution in [0.3, 0.4) is 0 Å². The van der Waals surface area contributed by atoms with Gasteiger partial charge in [-0.1, -0.05) is 25.9 Å². The topological polar surface area (TPSA) is 64.9 Å². The molecule has 4 heteroatoms. The molecule has 0 saturated carbocycles. The maximum atomic E-state index is 5.38. The maximum absolute atomic E-state index is 5.38. The molecule has 0 fully saturated rings. The molecule has 0 amide bonds. The summed E-state index contributed by atoms with van der Waals surface area (Å²) in [6.45, 7) is 6.81. The first kappa shape index (κ1) is 10.2. The number of hydrogen-bond donors (Lipinski definition) is 1. The van der Waals surface area contributed by atoms with E-state index in [2.05, 4.69) is 10.1 Å². The van der Waals surface area contributed by atoms with Crippen LogP contribution in [0.5, 0.6) is 0 Å². The molecule has 1 heterocycles. The van der Waals surface area contributed by atoms with Crippen LogP contribution in [0.2, 0.25) is 0 Å². The van der Waals surface area contributed by atoms with Gasteiger partial charge in [0, 0.05) is 11.8 Å². The summed E-state index contributed by atoms with van der Waals surface area (Å²) in [6, 6.07) is 0. The predicted molar refractivity (Wildman–Crippen MR) is 50.4 cm³/mol. The van der Waals surface area contributed by atoms with Gasteiger partial charge < -0.3 is 10.3 Å². The lowest BCUT2D eigenvalue weighted by Crippen LogP contribution is -2.11. The second kappa shape index (κ2) is 3.87. The summed E-state index contributed by atoms with van der Waals surface area (Å²) < 4.78 is 5.12. The van der Waals surface area contributed by atoms with E-state index in [4.69, 9.17) is 10.3 Å². The van der Waals surface area contributed by atoms with Crippen molar-refractivity contribution in [1.29, 1.82) is 0 Å². The summed E-state index contributed by atoms with van der Waals surface area (Å²) in [6.07, 6.45) is 1.71. The zero-order valence-electron chi connectivity index (χ0n) is 8.50. The second-order valence-corrected chi connectivity index (χ2v) is 4.16. The van der Waals surface area contributed by atoms with E-state index in [-0.39, 0.29) is 5.41 Å². The van der Waals surface area contributed by atoms with E-state index in [0.29, 0.717) is 12.4 Å². The molecule has 0 spiro atoms. The van der Waals surface area contributed by atoms with E-state index >= 15 is 0 Å². The first-order valence-corrected chi connectivity index (χ1v) is 4.57. The minimum Gasteiger partial charge on any atom is -0.339 e. The highest BCUT2D eigenvalue weighted by Crippen LogP contribution is 2.19. The van der Waals surface area contributed by atoms with E-state index in [1.54, 1.807) is 0 Å².